The van der Waals surface area contributed by atoms with Crippen molar-refractivity contribution >= 4 is 74.9 Å². The van der Waals surface area contributed by atoms with Gasteiger partial charge < -0.3 is 4.98 Å². The zero-order valence-corrected chi connectivity index (χ0v) is 21.6. The number of nitrogens with one attached hydrogen (secondary N) is 3. The molecule has 1 aliphatic rings. The molecule has 3 aromatic rings. The number of para-hydroxylation sites is 2. The molecule has 8 nitrogen and oxygen atoms in total. The first-order valence-corrected chi connectivity index (χ1v) is 13.3. The zero-order valence-electron chi connectivity index (χ0n) is 19.1. The molecule has 3 N–H and O–H groups in total. The summed E-state index contributed by atoms with van der Waals surface area (Å²) in [6, 6.07) is 17.4. The van der Waals surface area contributed by atoms with Crippen LogP contribution in [-0.4, -0.2) is 49.2 Å². The Hall–Kier alpha value is -3.41. The highest BCUT2D eigenvalue weighted by molar-refractivity contribution is 8.26. The number of benzene rings is 2. The van der Waals surface area contributed by atoms with Crippen molar-refractivity contribution in [2.45, 2.75) is 18.0 Å². The van der Waals surface area contributed by atoms with E-state index in [-0.39, 0.29) is 29.9 Å². The first-order valence-electron chi connectivity index (χ1n) is 11.1. The van der Waals surface area contributed by atoms with Crippen LogP contribution in [-0.2, 0) is 14.4 Å². The van der Waals surface area contributed by atoms with Crippen LogP contribution >= 0.6 is 35.7 Å². The molecular weight excluding hydrogens is 515 g/mol. The molecule has 0 aliphatic carbocycles. The number of fused-ring (bicyclic) bond motifs is 1. The number of aromatic nitrogens is 2. The highest BCUT2D eigenvalue weighted by atomic mass is 32.2. The van der Waals surface area contributed by atoms with E-state index in [1.807, 2.05) is 66.7 Å². The Labute approximate surface area is 222 Å². The zero-order chi connectivity index (χ0) is 25.3. The Morgan fingerprint density at radius 2 is 1.83 bits per heavy atom. The van der Waals surface area contributed by atoms with Crippen molar-refractivity contribution in [2.24, 2.45) is 0 Å². The summed E-state index contributed by atoms with van der Waals surface area (Å²) in [7, 11) is 0. The number of carbonyl (C=O) groups is 3. The number of amides is 3. The van der Waals surface area contributed by atoms with Crippen LogP contribution in [0.1, 0.15) is 18.4 Å². The topological polar surface area (TPSA) is 107 Å². The van der Waals surface area contributed by atoms with E-state index >= 15 is 0 Å². The van der Waals surface area contributed by atoms with Gasteiger partial charge in [0.15, 0.2) is 5.16 Å². The molecule has 1 aromatic heterocycles. The van der Waals surface area contributed by atoms with Crippen LogP contribution in [0.15, 0.2) is 76.8 Å². The number of hydrogen-bond donors (Lipinski definition) is 3. The van der Waals surface area contributed by atoms with Crippen LogP contribution in [0.3, 0.4) is 0 Å². The SMILES string of the molecule is O=C(CCCN1C(=O)/C(=C/C=C/c2ccccc2)SC1=S)NNC(=O)CSc1nc2ccccc2[nH]1. The fourth-order valence-electron chi connectivity index (χ4n) is 3.29. The number of hydrazine groups is 1. The molecule has 0 unspecified atom stereocenters. The number of rotatable bonds is 9. The van der Waals surface area contributed by atoms with Crippen LogP contribution in [0.5, 0.6) is 0 Å². The minimum Gasteiger partial charge on any atom is -0.333 e. The van der Waals surface area contributed by atoms with Crippen LogP contribution in [0, 0.1) is 0 Å². The molecule has 1 saturated heterocycles. The van der Waals surface area contributed by atoms with Gasteiger partial charge in [0.2, 0.25) is 11.8 Å². The van der Waals surface area contributed by atoms with Crippen molar-refractivity contribution in [2.75, 3.05) is 12.3 Å². The Morgan fingerprint density at radius 3 is 2.64 bits per heavy atom. The summed E-state index contributed by atoms with van der Waals surface area (Å²) >= 11 is 7.82. The molecule has 2 heterocycles. The van der Waals surface area contributed by atoms with Gasteiger partial charge in [-0.05, 0) is 30.2 Å². The van der Waals surface area contributed by atoms with E-state index < -0.39 is 0 Å². The van der Waals surface area contributed by atoms with E-state index in [1.54, 1.807) is 6.08 Å². The van der Waals surface area contributed by atoms with Crippen molar-refractivity contribution in [3.63, 3.8) is 0 Å². The molecular formula is C25H23N5O3S3. The molecule has 0 bridgehead atoms. The Morgan fingerprint density at radius 1 is 1.08 bits per heavy atom. The van der Waals surface area contributed by atoms with Gasteiger partial charge in [-0.2, -0.15) is 0 Å². The van der Waals surface area contributed by atoms with E-state index in [2.05, 4.69) is 20.8 Å². The van der Waals surface area contributed by atoms with Crippen molar-refractivity contribution in [3.05, 3.63) is 77.2 Å². The highest BCUT2D eigenvalue weighted by Crippen LogP contribution is 2.31. The standard InChI is InChI=1S/C25H23N5O3S3/c31-21(28-29-22(32)16-35-24-26-18-11-4-5-12-19(18)27-24)14-7-15-30-23(33)20(36-25(30)34)13-6-10-17-8-2-1-3-9-17/h1-6,8-13H,7,14-16H2,(H,26,27)(H,28,31)(H,29,32)/b10-6+,20-13-. The first kappa shape index (κ1) is 25.7. The molecule has 11 heteroatoms. The van der Waals surface area contributed by atoms with Crippen molar-refractivity contribution in [1.82, 2.24) is 25.7 Å². The molecule has 4 rings (SSSR count). The lowest BCUT2D eigenvalue weighted by Gasteiger charge is -2.14. The number of allylic oxidation sites excluding steroid dienone is 2. The summed E-state index contributed by atoms with van der Waals surface area (Å²) in [6.45, 7) is 0.327. The van der Waals surface area contributed by atoms with E-state index in [0.29, 0.717) is 27.3 Å². The Balaban J connectivity index is 1.15. The van der Waals surface area contributed by atoms with Gasteiger partial charge in [-0.1, -0.05) is 90.4 Å². The third kappa shape index (κ3) is 7.06. The predicted octanol–water partition coefficient (Wildman–Crippen LogP) is 4.04. The van der Waals surface area contributed by atoms with Gasteiger partial charge in [0.05, 0.1) is 21.7 Å². The van der Waals surface area contributed by atoms with E-state index in [4.69, 9.17) is 12.2 Å². The van der Waals surface area contributed by atoms with E-state index in [0.717, 1.165) is 16.6 Å². The third-order valence-electron chi connectivity index (χ3n) is 5.04. The maximum absolute atomic E-state index is 12.6. The van der Waals surface area contributed by atoms with Crippen molar-refractivity contribution < 1.29 is 14.4 Å². The van der Waals surface area contributed by atoms with Gasteiger partial charge in [-0.3, -0.25) is 30.1 Å². The molecule has 36 heavy (non-hydrogen) atoms. The largest absolute Gasteiger partial charge is 0.333 e. The molecule has 3 amide bonds. The van der Waals surface area contributed by atoms with Gasteiger partial charge in [0, 0.05) is 13.0 Å². The molecule has 2 aromatic carbocycles. The second-order valence-corrected chi connectivity index (χ2v) is 10.3. The average Bonchev–Trinajstić information content (AvgIpc) is 3.42. The quantitative estimate of drug-likeness (QED) is 0.164. The Bertz CT molecular complexity index is 1300. The van der Waals surface area contributed by atoms with Crippen molar-refractivity contribution in [1.29, 1.82) is 0 Å². The number of carbonyl (C=O) groups excluding carboxylic acids is 3. The molecule has 1 aliphatic heterocycles. The normalized spacial score (nSPS) is 14.8. The monoisotopic (exact) mass is 537 g/mol. The highest BCUT2D eigenvalue weighted by Gasteiger charge is 2.31. The molecule has 0 atom stereocenters. The van der Waals surface area contributed by atoms with Gasteiger partial charge in [-0.15, -0.1) is 0 Å². The number of H-pyrrole nitrogens is 1. The lowest BCUT2D eigenvalue weighted by molar-refractivity contribution is -0.128. The van der Waals surface area contributed by atoms with Crippen LogP contribution in [0.2, 0.25) is 0 Å². The minimum absolute atomic E-state index is 0.0989. The Kier molecular flexibility index (Phi) is 8.93. The van der Waals surface area contributed by atoms with E-state index in [1.165, 1.54) is 28.4 Å². The molecule has 1 fully saturated rings. The fourth-order valence-corrected chi connectivity index (χ4v) is 5.23. The molecule has 184 valence electrons. The van der Waals surface area contributed by atoms with Gasteiger partial charge in [0.1, 0.15) is 4.32 Å². The first-order chi connectivity index (χ1) is 17.5. The van der Waals surface area contributed by atoms with E-state index in [9.17, 15) is 14.4 Å². The van der Waals surface area contributed by atoms with Gasteiger partial charge in [-0.25, -0.2) is 4.98 Å². The number of thiocarbonyl (C=S) groups is 1. The third-order valence-corrected chi connectivity index (χ3v) is 7.31. The second-order valence-electron chi connectivity index (χ2n) is 7.67. The number of thioether (sulfide) groups is 2. The summed E-state index contributed by atoms with van der Waals surface area (Å²) in [6.07, 6.45) is 6.04. The molecule has 0 spiro atoms. The maximum Gasteiger partial charge on any atom is 0.266 e. The summed E-state index contributed by atoms with van der Waals surface area (Å²) in [5.74, 6) is -0.760. The fraction of sp³-hybridized carbons (Fsp3) is 0.160. The maximum atomic E-state index is 12.6. The second kappa shape index (κ2) is 12.5. The summed E-state index contributed by atoms with van der Waals surface area (Å²) < 4.78 is 0.468. The lowest BCUT2D eigenvalue weighted by atomic mass is 10.2. The molecule has 0 radical (unpaired) electrons. The summed E-state index contributed by atoms with van der Waals surface area (Å²) in [5, 5.41) is 0.630. The number of nitrogens with zero attached hydrogens (tertiary/aromatic N) is 2. The average molecular weight is 538 g/mol. The van der Waals surface area contributed by atoms with Crippen LogP contribution < -0.4 is 10.9 Å². The van der Waals surface area contributed by atoms with Crippen molar-refractivity contribution in [3.8, 4) is 0 Å². The molecule has 0 saturated carbocycles. The smallest absolute Gasteiger partial charge is 0.266 e. The number of hydrogen-bond acceptors (Lipinski definition) is 7. The summed E-state index contributed by atoms with van der Waals surface area (Å²) in [4.78, 5) is 46.4. The predicted molar refractivity (Wildman–Crippen MR) is 148 cm³/mol. The number of imidazole rings is 1. The number of aromatic amines is 1. The van der Waals surface area contributed by atoms with Gasteiger partial charge >= 0.3 is 0 Å². The van der Waals surface area contributed by atoms with Gasteiger partial charge in [0.25, 0.3) is 5.91 Å². The summed E-state index contributed by atoms with van der Waals surface area (Å²) in [5.41, 5.74) is 7.56. The minimum atomic E-state index is -0.348. The lowest BCUT2D eigenvalue weighted by Crippen LogP contribution is -2.42. The van der Waals surface area contributed by atoms with Crippen LogP contribution in [0.4, 0.5) is 0 Å². The van der Waals surface area contributed by atoms with Crippen LogP contribution in [0.25, 0.3) is 17.1 Å².